The highest BCUT2D eigenvalue weighted by molar-refractivity contribution is 6.01. The molecule has 2 atom stereocenters. The molecule has 0 aromatic carbocycles. The monoisotopic (exact) mass is 243 g/mol. The number of cyclic esters (lactones) is 4. The molecule has 0 bridgehead atoms. The van der Waals surface area contributed by atoms with Gasteiger partial charge in [-0.25, -0.2) is 9.59 Å². The van der Waals surface area contributed by atoms with Crippen LogP contribution in [0.15, 0.2) is 0 Å². The van der Waals surface area contributed by atoms with E-state index < -0.39 is 41.6 Å². The Labute approximate surface area is 95.0 Å². The summed E-state index contributed by atoms with van der Waals surface area (Å²) < 4.78 is 13.6. The average Bonchev–Trinajstić information content (AvgIpc) is 2.51. The van der Waals surface area contributed by atoms with Crippen LogP contribution >= 0.6 is 0 Å². The highest BCUT2D eigenvalue weighted by Crippen LogP contribution is 2.32. The van der Waals surface area contributed by atoms with Crippen LogP contribution in [0.25, 0.3) is 0 Å². The molecule has 0 spiro atoms. The molecular formula is C9H9NO7. The summed E-state index contributed by atoms with van der Waals surface area (Å²) in [7, 11) is 0. The number of carbonyl (C=O) groups is 4. The lowest BCUT2D eigenvalue weighted by atomic mass is 10.0. The van der Waals surface area contributed by atoms with Crippen LogP contribution in [0.5, 0.6) is 0 Å². The second-order valence-corrected chi connectivity index (χ2v) is 4.10. The van der Waals surface area contributed by atoms with E-state index in [1.54, 1.807) is 0 Å². The smallest absolute Gasteiger partial charge is 0.361 e. The van der Waals surface area contributed by atoms with Crippen molar-refractivity contribution in [2.24, 2.45) is 5.73 Å². The van der Waals surface area contributed by atoms with Gasteiger partial charge >= 0.3 is 23.9 Å². The normalized spacial score (nSPS) is 37.3. The molecule has 2 aliphatic rings. The molecule has 2 N–H and O–H groups in total. The third-order valence-electron chi connectivity index (χ3n) is 2.49. The number of rotatable bonds is 2. The molecule has 0 aliphatic carbocycles. The molecule has 92 valence electrons. The van der Waals surface area contributed by atoms with Gasteiger partial charge in [-0.1, -0.05) is 0 Å². The Morgan fingerprint density at radius 3 is 2.00 bits per heavy atom. The SMILES string of the molecule is CC1(OC2(N)CC(=O)OC2=O)CC(=O)OC1=O. The summed E-state index contributed by atoms with van der Waals surface area (Å²) in [6, 6.07) is 0. The molecular weight excluding hydrogens is 234 g/mol. The Kier molecular flexibility index (Phi) is 2.30. The number of carbonyl (C=O) groups excluding carboxylic acids is 4. The largest absolute Gasteiger partial charge is 0.391 e. The van der Waals surface area contributed by atoms with Gasteiger partial charge in [0.2, 0.25) is 5.72 Å². The average molecular weight is 243 g/mol. The van der Waals surface area contributed by atoms with Gasteiger partial charge in [-0.15, -0.1) is 0 Å². The van der Waals surface area contributed by atoms with E-state index in [1.807, 2.05) is 0 Å². The highest BCUT2D eigenvalue weighted by Gasteiger charge is 2.57. The van der Waals surface area contributed by atoms with Crippen LogP contribution in [0, 0.1) is 0 Å². The van der Waals surface area contributed by atoms with Crippen LogP contribution in [0.3, 0.4) is 0 Å². The third-order valence-corrected chi connectivity index (χ3v) is 2.49. The van der Waals surface area contributed by atoms with Crippen LogP contribution < -0.4 is 5.73 Å². The van der Waals surface area contributed by atoms with E-state index >= 15 is 0 Å². The number of esters is 4. The molecule has 2 fully saturated rings. The van der Waals surface area contributed by atoms with E-state index in [2.05, 4.69) is 9.47 Å². The maximum Gasteiger partial charge on any atom is 0.361 e. The van der Waals surface area contributed by atoms with Gasteiger partial charge in [0.05, 0.1) is 12.8 Å². The molecule has 2 saturated heterocycles. The molecule has 2 unspecified atom stereocenters. The van der Waals surface area contributed by atoms with Gasteiger partial charge < -0.3 is 14.2 Å². The Morgan fingerprint density at radius 1 is 1.06 bits per heavy atom. The number of ether oxygens (including phenoxy) is 3. The van der Waals surface area contributed by atoms with Gasteiger partial charge in [0.25, 0.3) is 0 Å². The number of hydrogen-bond donors (Lipinski definition) is 1. The minimum Gasteiger partial charge on any atom is -0.391 e. The standard InChI is InChI=1S/C9H9NO7/c1-8(2-4(11)15-6(8)13)17-9(10)3-5(12)16-7(9)14/h2-3,10H2,1H3. The lowest BCUT2D eigenvalue weighted by Crippen LogP contribution is -2.54. The van der Waals surface area contributed by atoms with Crippen molar-refractivity contribution in [1.82, 2.24) is 0 Å². The van der Waals surface area contributed by atoms with Crippen molar-refractivity contribution in [2.45, 2.75) is 31.1 Å². The zero-order valence-corrected chi connectivity index (χ0v) is 8.85. The summed E-state index contributed by atoms with van der Waals surface area (Å²) in [4.78, 5) is 44.5. The third kappa shape index (κ3) is 1.81. The molecule has 2 heterocycles. The minimum absolute atomic E-state index is 0.369. The summed E-state index contributed by atoms with van der Waals surface area (Å²) in [6.45, 7) is 1.25. The van der Waals surface area contributed by atoms with Gasteiger partial charge in [0.15, 0.2) is 5.60 Å². The molecule has 17 heavy (non-hydrogen) atoms. The van der Waals surface area contributed by atoms with Crippen LogP contribution in [-0.4, -0.2) is 35.2 Å². The molecule has 8 nitrogen and oxygen atoms in total. The zero-order valence-electron chi connectivity index (χ0n) is 8.85. The first kappa shape index (κ1) is 11.7. The summed E-state index contributed by atoms with van der Waals surface area (Å²) in [5.41, 5.74) is 1.81. The van der Waals surface area contributed by atoms with Crippen molar-refractivity contribution >= 4 is 23.9 Å². The summed E-state index contributed by atoms with van der Waals surface area (Å²) in [5, 5.41) is 0. The number of hydrogen-bond acceptors (Lipinski definition) is 8. The Bertz CT molecular complexity index is 405. The van der Waals surface area contributed by atoms with Crippen LogP contribution in [0.1, 0.15) is 19.8 Å². The van der Waals surface area contributed by atoms with Crippen LogP contribution in [0.4, 0.5) is 0 Å². The molecule has 0 radical (unpaired) electrons. The second kappa shape index (κ2) is 3.34. The Balaban J connectivity index is 2.21. The fourth-order valence-electron chi connectivity index (χ4n) is 1.66. The minimum atomic E-state index is -2.05. The van der Waals surface area contributed by atoms with E-state index in [1.165, 1.54) is 6.92 Å². The topological polar surface area (TPSA) is 122 Å². The molecule has 0 saturated carbocycles. The van der Waals surface area contributed by atoms with Crippen LogP contribution in [0.2, 0.25) is 0 Å². The quantitative estimate of drug-likeness (QED) is 0.348. The Morgan fingerprint density at radius 2 is 1.59 bits per heavy atom. The van der Waals surface area contributed by atoms with Crippen molar-refractivity contribution in [3.63, 3.8) is 0 Å². The van der Waals surface area contributed by atoms with E-state index in [-0.39, 0.29) is 6.42 Å². The molecule has 8 heteroatoms. The van der Waals surface area contributed by atoms with E-state index in [9.17, 15) is 19.2 Å². The maximum atomic E-state index is 11.4. The van der Waals surface area contributed by atoms with Crippen molar-refractivity contribution in [1.29, 1.82) is 0 Å². The first-order valence-electron chi connectivity index (χ1n) is 4.74. The molecule has 0 aromatic rings. The first-order valence-corrected chi connectivity index (χ1v) is 4.74. The van der Waals surface area contributed by atoms with Crippen LogP contribution in [-0.2, 0) is 33.4 Å². The molecule has 0 aromatic heterocycles. The maximum absolute atomic E-state index is 11.4. The van der Waals surface area contributed by atoms with Gasteiger partial charge in [-0.3, -0.25) is 15.3 Å². The Hall–Kier alpha value is -1.80. The van der Waals surface area contributed by atoms with Gasteiger partial charge in [0, 0.05) is 0 Å². The number of nitrogens with two attached hydrogens (primary N) is 1. The fourth-order valence-corrected chi connectivity index (χ4v) is 1.66. The predicted molar refractivity (Wildman–Crippen MR) is 47.8 cm³/mol. The molecule has 2 aliphatic heterocycles. The van der Waals surface area contributed by atoms with E-state index in [4.69, 9.17) is 10.5 Å². The van der Waals surface area contributed by atoms with Gasteiger partial charge in [0.1, 0.15) is 0 Å². The van der Waals surface area contributed by atoms with Crippen molar-refractivity contribution < 1.29 is 33.4 Å². The summed E-state index contributed by atoms with van der Waals surface area (Å²) in [6.07, 6.45) is -0.880. The highest BCUT2D eigenvalue weighted by atomic mass is 16.7. The van der Waals surface area contributed by atoms with Crippen molar-refractivity contribution in [3.8, 4) is 0 Å². The fraction of sp³-hybridized carbons (Fsp3) is 0.556. The van der Waals surface area contributed by atoms with E-state index in [0.717, 1.165) is 0 Å². The predicted octanol–water partition coefficient (Wildman–Crippen LogP) is -1.64. The second-order valence-electron chi connectivity index (χ2n) is 4.10. The van der Waals surface area contributed by atoms with Gasteiger partial charge in [-0.2, -0.15) is 0 Å². The molecule has 0 amide bonds. The molecule has 2 rings (SSSR count). The van der Waals surface area contributed by atoms with Gasteiger partial charge in [-0.05, 0) is 6.92 Å². The zero-order chi connectivity index (χ0) is 12.8. The van der Waals surface area contributed by atoms with Crippen molar-refractivity contribution in [3.05, 3.63) is 0 Å². The summed E-state index contributed by atoms with van der Waals surface area (Å²) in [5.74, 6) is -3.66. The van der Waals surface area contributed by atoms with E-state index in [0.29, 0.717) is 0 Å². The lowest BCUT2D eigenvalue weighted by molar-refractivity contribution is -0.186. The first-order chi connectivity index (χ1) is 7.75. The summed E-state index contributed by atoms with van der Waals surface area (Å²) >= 11 is 0. The lowest BCUT2D eigenvalue weighted by Gasteiger charge is -2.27. The van der Waals surface area contributed by atoms with Crippen molar-refractivity contribution in [2.75, 3.05) is 0 Å².